The summed E-state index contributed by atoms with van der Waals surface area (Å²) < 4.78 is 6.36. The molecule has 1 saturated heterocycles. The maximum atomic E-state index is 6.36. The van der Waals surface area contributed by atoms with Crippen molar-refractivity contribution in [3.8, 4) is 0 Å². The van der Waals surface area contributed by atoms with Gasteiger partial charge in [-0.05, 0) is 61.6 Å². The Labute approximate surface area is 148 Å². The van der Waals surface area contributed by atoms with Crippen LogP contribution in [0.4, 0.5) is 0 Å². The van der Waals surface area contributed by atoms with Crippen molar-refractivity contribution in [2.75, 3.05) is 13.2 Å². The Bertz CT molecular complexity index is 721. The molecule has 0 saturated carbocycles. The van der Waals surface area contributed by atoms with Gasteiger partial charge in [-0.25, -0.2) is 0 Å². The summed E-state index contributed by atoms with van der Waals surface area (Å²) in [6.45, 7) is 5.03. The van der Waals surface area contributed by atoms with Crippen molar-refractivity contribution in [2.24, 2.45) is 0 Å². The number of nitrogens with zero attached hydrogens (tertiary/aromatic N) is 2. The minimum absolute atomic E-state index is 0.168. The van der Waals surface area contributed by atoms with E-state index in [1.807, 2.05) is 18.3 Å². The second kappa shape index (κ2) is 6.47. The van der Waals surface area contributed by atoms with Crippen LogP contribution in [0.3, 0.4) is 0 Å². The van der Waals surface area contributed by atoms with Crippen LogP contribution in [-0.2, 0) is 23.3 Å². The Hall–Kier alpha value is -1.42. The first-order valence-corrected chi connectivity index (χ1v) is 9.11. The molecule has 126 valence electrons. The number of hydrogen-bond donors (Lipinski definition) is 0. The van der Waals surface area contributed by atoms with E-state index in [-0.39, 0.29) is 5.60 Å². The summed E-state index contributed by atoms with van der Waals surface area (Å²) in [4.78, 5) is 6.98. The fourth-order valence-electron chi connectivity index (χ4n) is 4.19. The number of pyridine rings is 1. The number of piperidine rings is 1. The maximum Gasteiger partial charge on any atom is 0.0961 e. The fourth-order valence-corrected chi connectivity index (χ4v) is 4.36. The lowest BCUT2D eigenvalue weighted by Gasteiger charge is -2.48. The summed E-state index contributed by atoms with van der Waals surface area (Å²) in [6, 6.07) is 12.9. The van der Waals surface area contributed by atoms with E-state index in [1.165, 1.54) is 11.1 Å². The topological polar surface area (TPSA) is 25.4 Å². The minimum atomic E-state index is -0.168. The first-order valence-electron chi connectivity index (χ1n) is 8.73. The van der Waals surface area contributed by atoms with E-state index in [4.69, 9.17) is 16.3 Å². The average Bonchev–Trinajstić information content (AvgIpc) is 2.59. The van der Waals surface area contributed by atoms with Crippen molar-refractivity contribution >= 4 is 11.6 Å². The molecule has 2 aromatic rings. The number of hydrogen-bond acceptors (Lipinski definition) is 3. The van der Waals surface area contributed by atoms with Crippen LogP contribution >= 0.6 is 11.6 Å². The highest BCUT2D eigenvalue weighted by molar-refractivity contribution is 6.30. The Kier molecular flexibility index (Phi) is 4.33. The van der Waals surface area contributed by atoms with Crippen LogP contribution in [0.1, 0.15) is 36.6 Å². The van der Waals surface area contributed by atoms with Crippen molar-refractivity contribution in [2.45, 2.75) is 44.4 Å². The van der Waals surface area contributed by atoms with Gasteiger partial charge in [0, 0.05) is 30.4 Å². The highest BCUT2D eigenvalue weighted by Gasteiger charge is 2.43. The maximum absolute atomic E-state index is 6.36. The quantitative estimate of drug-likeness (QED) is 0.818. The molecule has 1 spiro atoms. The van der Waals surface area contributed by atoms with Crippen LogP contribution in [0.2, 0.25) is 5.02 Å². The van der Waals surface area contributed by atoms with Gasteiger partial charge in [0.15, 0.2) is 0 Å². The van der Waals surface area contributed by atoms with E-state index in [2.05, 4.69) is 41.1 Å². The van der Waals surface area contributed by atoms with Crippen molar-refractivity contribution in [1.29, 1.82) is 0 Å². The summed E-state index contributed by atoms with van der Waals surface area (Å²) in [7, 11) is 0. The summed E-state index contributed by atoms with van der Waals surface area (Å²) in [5.74, 6) is 0. The zero-order chi connectivity index (χ0) is 16.6. The first-order chi connectivity index (χ1) is 11.7. The lowest BCUT2D eigenvalue weighted by atomic mass is 9.77. The number of aromatic nitrogens is 1. The molecule has 3 nitrogen and oxygen atoms in total. The molecule has 2 atom stereocenters. The van der Waals surface area contributed by atoms with Gasteiger partial charge in [-0.3, -0.25) is 9.88 Å². The van der Waals surface area contributed by atoms with Crippen molar-refractivity contribution in [1.82, 2.24) is 9.88 Å². The van der Waals surface area contributed by atoms with Crippen molar-refractivity contribution < 1.29 is 4.74 Å². The Morgan fingerprint density at radius 3 is 3.04 bits per heavy atom. The summed E-state index contributed by atoms with van der Waals surface area (Å²) in [5, 5.41) is 0.808. The van der Waals surface area contributed by atoms with E-state index < -0.39 is 0 Å². The Morgan fingerprint density at radius 2 is 2.25 bits per heavy atom. The molecule has 4 rings (SSSR count). The molecule has 2 aliphatic rings. The van der Waals surface area contributed by atoms with Gasteiger partial charge in [-0.15, -0.1) is 0 Å². The third-order valence-electron chi connectivity index (χ3n) is 5.46. The van der Waals surface area contributed by atoms with Gasteiger partial charge in [-0.2, -0.15) is 0 Å². The molecular weight excluding hydrogens is 320 g/mol. The number of rotatable bonds is 2. The van der Waals surface area contributed by atoms with Crippen LogP contribution < -0.4 is 0 Å². The molecule has 24 heavy (non-hydrogen) atoms. The Balaban J connectivity index is 1.56. The van der Waals surface area contributed by atoms with Gasteiger partial charge in [0.25, 0.3) is 0 Å². The van der Waals surface area contributed by atoms with E-state index in [1.54, 1.807) is 0 Å². The predicted octanol–water partition coefficient (Wildman–Crippen LogP) is 4.19. The molecule has 0 radical (unpaired) electrons. The SMILES string of the molecule is C[C@H]1C[C@@]2(CCN1Cc1ccccn1)OCCc1ccc(Cl)cc12. The van der Waals surface area contributed by atoms with Gasteiger partial charge in [0.2, 0.25) is 0 Å². The predicted molar refractivity (Wildman–Crippen MR) is 96.1 cm³/mol. The summed E-state index contributed by atoms with van der Waals surface area (Å²) >= 11 is 6.28. The molecule has 1 aromatic heterocycles. The fraction of sp³-hybridized carbons (Fsp3) is 0.450. The molecule has 1 fully saturated rings. The van der Waals surface area contributed by atoms with E-state index in [0.29, 0.717) is 6.04 Å². The third kappa shape index (κ3) is 2.97. The van der Waals surface area contributed by atoms with Crippen LogP contribution in [0.5, 0.6) is 0 Å². The van der Waals surface area contributed by atoms with Gasteiger partial charge >= 0.3 is 0 Å². The van der Waals surface area contributed by atoms with Gasteiger partial charge < -0.3 is 4.74 Å². The van der Waals surface area contributed by atoms with Gasteiger partial charge in [0.1, 0.15) is 0 Å². The van der Waals surface area contributed by atoms with Crippen LogP contribution in [0.15, 0.2) is 42.6 Å². The minimum Gasteiger partial charge on any atom is -0.370 e. The van der Waals surface area contributed by atoms with Gasteiger partial charge in [0.05, 0.1) is 17.9 Å². The van der Waals surface area contributed by atoms with Crippen LogP contribution in [0, 0.1) is 0 Å². The average molecular weight is 343 g/mol. The third-order valence-corrected chi connectivity index (χ3v) is 5.69. The molecule has 2 aliphatic heterocycles. The van der Waals surface area contributed by atoms with Crippen LogP contribution in [-0.4, -0.2) is 29.1 Å². The summed E-state index contributed by atoms with van der Waals surface area (Å²) in [5.41, 5.74) is 3.67. The number of benzene rings is 1. The number of fused-ring (bicyclic) bond motifs is 2. The molecule has 1 aromatic carbocycles. The van der Waals surface area contributed by atoms with E-state index in [0.717, 1.165) is 49.7 Å². The molecule has 3 heterocycles. The highest BCUT2D eigenvalue weighted by Crippen LogP contribution is 2.44. The number of ether oxygens (including phenoxy) is 1. The molecule has 0 N–H and O–H groups in total. The van der Waals surface area contributed by atoms with E-state index >= 15 is 0 Å². The molecule has 0 aliphatic carbocycles. The second-order valence-corrected chi connectivity index (χ2v) is 7.43. The Morgan fingerprint density at radius 1 is 1.33 bits per heavy atom. The first kappa shape index (κ1) is 16.1. The number of halogens is 1. The van der Waals surface area contributed by atoms with E-state index in [9.17, 15) is 0 Å². The largest absolute Gasteiger partial charge is 0.370 e. The number of likely N-dealkylation sites (tertiary alicyclic amines) is 1. The molecular formula is C20H23ClN2O. The molecule has 4 heteroatoms. The lowest BCUT2D eigenvalue weighted by Crippen LogP contribution is -2.50. The smallest absolute Gasteiger partial charge is 0.0961 e. The van der Waals surface area contributed by atoms with Crippen molar-refractivity contribution in [3.63, 3.8) is 0 Å². The molecule has 0 amide bonds. The normalized spacial score (nSPS) is 27.2. The van der Waals surface area contributed by atoms with Crippen LogP contribution in [0.25, 0.3) is 0 Å². The van der Waals surface area contributed by atoms with Gasteiger partial charge in [-0.1, -0.05) is 23.7 Å². The zero-order valence-electron chi connectivity index (χ0n) is 14.0. The molecule has 0 bridgehead atoms. The summed E-state index contributed by atoms with van der Waals surface area (Å²) in [6.07, 6.45) is 4.87. The van der Waals surface area contributed by atoms with Crippen molar-refractivity contribution in [3.05, 3.63) is 64.4 Å². The standard InChI is InChI=1S/C20H23ClN2O/c1-15-13-20(8-10-23(15)14-18-4-2-3-9-22-18)19-12-17(21)6-5-16(19)7-11-24-20/h2-6,9,12,15H,7-8,10-11,13-14H2,1H3/t15-,20+/m0/s1. The molecule has 0 unspecified atom stereocenters. The lowest BCUT2D eigenvalue weighted by molar-refractivity contribution is -0.113. The zero-order valence-corrected chi connectivity index (χ0v) is 14.8. The highest BCUT2D eigenvalue weighted by atomic mass is 35.5. The monoisotopic (exact) mass is 342 g/mol. The second-order valence-electron chi connectivity index (χ2n) is 6.99.